The van der Waals surface area contributed by atoms with Gasteiger partial charge >= 0.3 is 0 Å². The molecule has 1 atom stereocenters. The predicted molar refractivity (Wildman–Crippen MR) is 54.8 cm³/mol. The summed E-state index contributed by atoms with van der Waals surface area (Å²) in [7, 11) is 1.84. The number of carbonyl (C=O) groups excluding carboxylic acids is 1. The van der Waals surface area contributed by atoms with E-state index >= 15 is 0 Å². The molecule has 1 heterocycles. The molecular formula is C10H17N3O. The van der Waals surface area contributed by atoms with Gasteiger partial charge in [-0.2, -0.15) is 5.10 Å². The van der Waals surface area contributed by atoms with Crippen molar-refractivity contribution in [1.29, 1.82) is 0 Å². The number of aryl methyl sites for hydroxylation is 1. The van der Waals surface area contributed by atoms with Gasteiger partial charge in [-0.05, 0) is 18.0 Å². The van der Waals surface area contributed by atoms with Gasteiger partial charge in [0, 0.05) is 26.1 Å². The summed E-state index contributed by atoms with van der Waals surface area (Å²) in [6.07, 6.45) is 4.62. The maximum atomic E-state index is 11.5. The summed E-state index contributed by atoms with van der Waals surface area (Å²) >= 11 is 0. The number of nitrogens with two attached hydrogens (primary N) is 1. The summed E-state index contributed by atoms with van der Waals surface area (Å²) in [6, 6.07) is 0. The van der Waals surface area contributed by atoms with Crippen molar-refractivity contribution in [1.82, 2.24) is 9.78 Å². The van der Waals surface area contributed by atoms with Crippen LogP contribution < -0.4 is 5.73 Å². The van der Waals surface area contributed by atoms with Crippen LogP contribution in [0.4, 0.5) is 0 Å². The predicted octanol–water partition coefficient (Wildman–Crippen LogP) is 0.517. The Morgan fingerprint density at radius 2 is 2.43 bits per heavy atom. The largest absolute Gasteiger partial charge is 0.330 e. The first-order valence-corrected chi connectivity index (χ1v) is 4.81. The van der Waals surface area contributed by atoms with E-state index in [0.717, 1.165) is 5.56 Å². The van der Waals surface area contributed by atoms with Crippen LogP contribution in [0.15, 0.2) is 12.4 Å². The highest BCUT2D eigenvalue weighted by Crippen LogP contribution is 2.05. The lowest BCUT2D eigenvalue weighted by atomic mass is 10.0. The van der Waals surface area contributed by atoms with Crippen molar-refractivity contribution >= 4 is 5.78 Å². The van der Waals surface area contributed by atoms with Crippen LogP contribution in [0.3, 0.4) is 0 Å². The van der Waals surface area contributed by atoms with Gasteiger partial charge in [-0.1, -0.05) is 6.92 Å². The molecule has 4 heteroatoms. The molecule has 0 fully saturated rings. The number of ketones is 1. The molecule has 0 radical (unpaired) electrons. The second-order valence-electron chi connectivity index (χ2n) is 3.78. The fourth-order valence-corrected chi connectivity index (χ4v) is 1.33. The molecule has 1 rings (SSSR count). The summed E-state index contributed by atoms with van der Waals surface area (Å²) in [5.41, 5.74) is 6.42. The standard InChI is InChI=1S/C10H17N3O/c1-8(5-11)3-10(14)4-9-6-12-13(2)7-9/h6-8H,3-5,11H2,1-2H3. The number of hydrogen-bond donors (Lipinski definition) is 1. The number of Topliss-reactive ketones (excluding diaryl/α,β-unsaturated/α-hetero) is 1. The second-order valence-corrected chi connectivity index (χ2v) is 3.78. The average Bonchev–Trinajstić information content (AvgIpc) is 2.50. The highest BCUT2D eigenvalue weighted by atomic mass is 16.1. The molecule has 0 aliphatic rings. The minimum Gasteiger partial charge on any atom is -0.330 e. The molecule has 0 amide bonds. The lowest BCUT2D eigenvalue weighted by Gasteiger charge is -2.05. The van der Waals surface area contributed by atoms with Crippen LogP contribution in [-0.2, 0) is 18.3 Å². The van der Waals surface area contributed by atoms with Crippen molar-refractivity contribution in [3.8, 4) is 0 Å². The van der Waals surface area contributed by atoms with E-state index in [1.807, 2.05) is 20.2 Å². The van der Waals surface area contributed by atoms with Gasteiger partial charge in [0.2, 0.25) is 0 Å². The van der Waals surface area contributed by atoms with E-state index in [1.54, 1.807) is 10.9 Å². The van der Waals surface area contributed by atoms with Gasteiger partial charge in [0.1, 0.15) is 5.78 Å². The SMILES string of the molecule is CC(CN)CC(=O)Cc1cnn(C)c1. The van der Waals surface area contributed by atoms with Gasteiger partial charge in [-0.25, -0.2) is 0 Å². The van der Waals surface area contributed by atoms with Gasteiger partial charge in [-0.15, -0.1) is 0 Å². The van der Waals surface area contributed by atoms with Gasteiger partial charge in [0.05, 0.1) is 6.20 Å². The fourth-order valence-electron chi connectivity index (χ4n) is 1.33. The van der Waals surface area contributed by atoms with Crippen LogP contribution in [0.1, 0.15) is 18.9 Å². The van der Waals surface area contributed by atoms with E-state index in [2.05, 4.69) is 5.10 Å². The highest BCUT2D eigenvalue weighted by molar-refractivity contribution is 5.80. The second kappa shape index (κ2) is 4.91. The summed E-state index contributed by atoms with van der Waals surface area (Å²) in [5.74, 6) is 0.509. The Hall–Kier alpha value is -1.16. The van der Waals surface area contributed by atoms with Crippen LogP contribution in [0, 0.1) is 5.92 Å². The Kier molecular flexibility index (Phi) is 3.83. The normalized spacial score (nSPS) is 12.8. The summed E-state index contributed by atoms with van der Waals surface area (Å²) in [4.78, 5) is 11.5. The Morgan fingerprint density at radius 1 is 1.71 bits per heavy atom. The third kappa shape index (κ3) is 3.30. The molecule has 0 saturated heterocycles. The molecule has 14 heavy (non-hydrogen) atoms. The van der Waals surface area contributed by atoms with Gasteiger partial charge in [-0.3, -0.25) is 9.48 Å². The molecule has 4 nitrogen and oxygen atoms in total. The van der Waals surface area contributed by atoms with Crippen molar-refractivity contribution in [2.24, 2.45) is 18.7 Å². The third-order valence-electron chi connectivity index (χ3n) is 2.14. The number of nitrogens with zero attached hydrogens (tertiary/aromatic N) is 2. The Balaban J connectivity index is 2.41. The molecule has 78 valence electrons. The van der Waals surface area contributed by atoms with E-state index < -0.39 is 0 Å². The summed E-state index contributed by atoms with van der Waals surface area (Å²) in [6.45, 7) is 2.56. The maximum absolute atomic E-state index is 11.5. The molecule has 0 aromatic carbocycles. The number of aromatic nitrogens is 2. The van der Waals surface area contributed by atoms with Gasteiger partial charge in [0.15, 0.2) is 0 Å². The first-order chi connectivity index (χ1) is 6.61. The van der Waals surface area contributed by atoms with Crippen LogP contribution in [0.2, 0.25) is 0 Å². The Labute approximate surface area is 84.1 Å². The topological polar surface area (TPSA) is 60.9 Å². The van der Waals surface area contributed by atoms with Gasteiger partial charge < -0.3 is 5.73 Å². The van der Waals surface area contributed by atoms with E-state index in [-0.39, 0.29) is 11.7 Å². The number of rotatable bonds is 5. The molecule has 0 spiro atoms. The van der Waals surface area contributed by atoms with Crippen molar-refractivity contribution in [2.45, 2.75) is 19.8 Å². The smallest absolute Gasteiger partial charge is 0.137 e. The fraction of sp³-hybridized carbons (Fsp3) is 0.600. The third-order valence-corrected chi connectivity index (χ3v) is 2.14. The number of carbonyl (C=O) groups is 1. The number of hydrogen-bond acceptors (Lipinski definition) is 3. The molecule has 2 N–H and O–H groups in total. The molecule has 1 aromatic heterocycles. The van der Waals surface area contributed by atoms with Crippen LogP contribution in [0.5, 0.6) is 0 Å². The first-order valence-electron chi connectivity index (χ1n) is 4.81. The maximum Gasteiger partial charge on any atom is 0.137 e. The van der Waals surface area contributed by atoms with E-state index in [0.29, 0.717) is 19.4 Å². The van der Waals surface area contributed by atoms with Crippen LogP contribution in [0.25, 0.3) is 0 Å². The van der Waals surface area contributed by atoms with Crippen molar-refractivity contribution in [2.75, 3.05) is 6.54 Å². The van der Waals surface area contributed by atoms with E-state index in [1.165, 1.54) is 0 Å². The summed E-state index contributed by atoms with van der Waals surface area (Å²) < 4.78 is 1.70. The molecule has 0 aliphatic heterocycles. The highest BCUT2D eigenvalue weighted by Gasteiger charge is 2.09. The molecule has 0 saturated carbocycles. The molecule has 0 aliphatic carbocycles. The van der Waals surface area contributed by atoms with E-state index in [4.69, 9.17) is 5.73 Å². The zero-order valence-corrected chi connectivity index (χ0v) is 8.73. The lowest BCUT2D eigenvalue weighted by molar-refractivity contribution is -0.119. The monoisotopic (exact) mass is 195 g/mol. The molecule has 1 aromatic rings. The minimum absolute atomic E-state index is 0.232. The van der Waals surface area contributed by atoms with Crippen molar-refractivity contribution in [3.63, 3.8) is 0 Å². The first kappa shape index (κ1) is 10.9. The molecular weight excluding hydrogens is 178 g/mol. The van der Waals surface area contributed by atoms with Crippen LogP contribution >= 0.6 is 0 Å². The van der Waals surface area contributed by atoms with E-state index in [9.17, 15) is 4.79 Å². The Bertz CT molecular complexity index is 306. The zero-order valence-electron chi connectivity index (χ0n) is 8.73. The Morgan fingerprint density at radius 3 is 2.93 bits per heavy atom. The molecule has 1 unspecified atom stereocenters. The molecule has 0 bridgehead atoms. The minimum atomic E-state index is 0.232. The van der Waals surface area contributed by atoms with Gasteiger partial charge in [0.25, 0.3) is 0 Å². The van der Waals surface area contributed by atoms with Crippen LogP contribution in [-0.4, -0.2) is 22.1 Å². The van der Waals surface area contributed by atoms with Crippen molar-refractivity contribution < 1.29 is 4.79 Å². The summed E-state index contributed by atoms with van der Waals surface area (Å²) in [5, 5.41) is 4.01. The van der Waals surface area contributed by atoms with Crippen molar-refractivity contribution in [3.05, 3.63) is 18.0 Å². The lowest BCUT2D eigenvalue weighted by Crippen LogP contribution is -2.16. The zero-order chi connectivity index (χ0) is 10.6. The average molecular weight is 195 g/mol. The quantitative estimate of drug-likeness (QED) is 0.745.